The summed E-state index contributed by atoms with van der Waals surface area (Å²) in [7, 11) is -3.67. The molecule has 184 valence electrons. The van der Waals surface area contributed by atoms with Gasteiger partial charge in [-0.2, -0.15) is 13.2 Å². The number of aliphatic carboxylic acids is 1. The Morgan fingerprint density at radius 2 is 1.82 bits per heavy atom. The first-order chi connectivity index (χ1) is 15.5. The molecule has 0 spiro atoms. The van der Waals surface area contributed by atoms with Gasteiger partial charge in [-0.15, -0.1) is 0 Å². The van der Waals surface area contributed by atoms with Crippen molar-refractivity contribution in [2.45, 2.75) is 55.8 Å². The Hall–Kier alpha value is -2.21. The summed E-state index contributed by atoms with van der Waals surface area (Å²) < 4.78 is 59.8. The monoisotopic (exact) mass is 490 g/mol. The van der Waals surface area contributed by atoms with Crippen molar-refractivity contribution in [1.82, 2.24) is 9.62 Å². The molecular formula is C22H29F3N2O5S. The quantitative estimate of drug-likeness (QED) is 0.550. The van der Waals surface area contributed by atoms with Crippen molar-refractivity contribution in [2.75, 3.05) is 19.6 Å². The number of nitrogens with zero attached hydrogens (tertiary/aromatic N) is 1. The number of sulfonamides is 1. The first kappa shape index (κ1) is 27.0. The van der Waals surface area contributed by atoms with Crippen LogP contribution in [0.1, 0.15) is 32.6 Å². The number of likely N-dealkylation sites (tertiary alicyclic amines) is 1. The Labute approximate surface area is 191 Å². The molecule has 2 aromatic rings. The van der Waals surface area contributed by atoms with Crippen LogP contribution >= 0.6 is 0 Å². The number of β-amino-alcohol motifs (C(OH)–C–C–N with tert-alkyl or cyclic N) is 1. The lowest BCUT2D eigenvalue weighted by molar-refractivity contribution is -0.192. The number of halogens is 3. The van der Waals surface area contributed by atoms with Crippen molar-refractivity contribution in [2.24, 2.45) is 0 Å². The third-order valence-electron chi connectivity index (χ3n) is 5.46. The van der Waals surface area contributed by atoms with Crippen LogP contribution in [0.5, 0.6) is 0 Å². The molecule has 11 heteroatoms. The molecule has 3 rings (SSSR count). The summed E-state index contributed by atoms with van der Waals surface area (Å²) in [5.41, 5.74) is 0. The van der Waals surface area contributed by atoms with E-state index in [9.17, 15) is 26.7 Å². The van der Waals surface area contributed by atoms with E-state index in [0.717, 1.165) is 31.2 Å². The number of fused-ring (bicyclic) bond motifs is 1. The Bertz CT molecular complexity index is 1020. The van der Waals surface area contributed by atoms with E-state index in [1.807, 2.05) is 24.3 Å². The molecule has 0 bridgehead atoms. The first-order valence-corrected chi connectivity index (χ1v) is 12.1. The average molecular weight is 491 g/mol. The maximum Gasteiger partial charge on any atom is 0.490 e. The predicted molar refractivity (Wildman–Crippen MR) is 118 cm³/mol. The second kappa shape index (κ2) is 11.8. The molecule has 0 aliphatic carbocycles. The second-order valence-electron chi connectivity index (χ2n) is 7.84. The first-order valence-electron chi connectivity index (χ1n) is 10.7. The van der Waals surface area contributed by atoms with Crippen LogP contribution in [0.3, 0.4) is 0 Å². The molecule has 7 nitrogen and oxygen atoms in total. The van der Waals surface area contributed by atoms with Gasteiger partial charge < -0.3 is 10.2 Å². The van der Waals surface area contributed by atoms with E-state index in [2.05, 4.69) is 16.5 Å². The molecule has 1 unspecified atom stereocenters. The van der Waals surface area contributed by atoms with E-state index in [1.54, 1.807) is 18.2 Å². The summed E-state index contributed by atoms with van der Waals surface area (Å²) in [5.74, 6) is -2.76. The van der Waals surface area contributed by atoms with Gasteiger partial charge in [0.15, 0.2) is 0 Å². The van der Waals surface area contributed by atoms with Crippen molar-refractivity contribution >= 4 is 26.8 Å². The number of carbonyl (C=O) groups is 1. The zero-order chi connectivity index (χ0) is 24.6. The average Bonchev–Trinajstić information content (AvgIpc) is 2.77. The van der Waals surface area contributed by atoms with Gasteiger partial charge in [-0.3, -0.25) is 4.90 Å². The molecule has 0 aromatic heterocycles. The lowest BCUT2D eigenvalue weighted by Crippen LogP contribution is -2.46. The van der Waals surface area contributed by atoms with E-state index < -0.39 is 28.3 Å². The number of carboxylic acid groups (broad SMARTS) is 1. The van der Waals surface area contributed by atoms with Gasteiger partial charge in [-0.1, -0.05) is 49.7 Å². The fourth-order valence-corrected chi connectivity index (χ4v) is 5.11. The number of hydrogen-bond acceptors (Lipinski definition) is 5. The summed E-state index contributed by atoms with van der Waals surface area (Å²) >= 11 is 0. The highest BCUT2D eigenvalue weighted by Gasteiger charge is 2.38. The number of nitrogens with one attached hydrogen (secondary N) is 1. The van der Waals surface area contributed by atoms with Gasteiger partial charge in [0.05, 0.1) is 11.0 Å². The Morgan fingerprint density at radius 1 is 1.18 bits per heavy atom. The van der Waals surface area contributed by atoms with Crippen molar-refractivity contribution in [1.29, 1.82) is 0 Å². The fraction of sp³-hybridized carbons (Fsp3) is 0.500. The summed E-state index contributed by atoms with van der Waals surface area (Å²) in [4.78, 5) is 11.4. The van der Waals surface area contributed by atoms with Crippen LogP contribution in [-0.2, 0) is 14.8 Å². The number of carboxylic acids is 1. The topological polar surface area (TPSA) is 107 Å². The molecule has 1 aliphatic heterocycles. The van der Waals surface area contributed by atoms with Crippen LogP contribution in [0.2, 0.25) is 0 Å². The van der Waals surface area contributed by atoms with E-state index >= 15 is 0 Å². The van der Waals surface area contributed by atoms with Crippen LogP contribution in [0.25, 0.3) is 10.8 Å². The highest BCUT2D eigenvalue weighted by Crippen LogP contribution is 2.23. The van der Waals surface area contributed by atoms with Gasteiger partial charge in [0, 0.05) is 24.5 Å². The minimum atomic E-state index is -5.08. The number of rotatable bonds is 7. The number of aliphatic hydroxyl groups is 1. The number of alkyl halides is 3. The Balaban J connectivity index is 0.000000479. The molecule has 2 aromatic carbocycles. The van der Waals surface area contributed by atoms with Gasteiger partial charge in [-0.25, -0.2) is 17.9 Å². The van der Waals surface area contributed by atoms with Gasteiger partial charge in [0.1, 0.15) is 0 Å². The number of piperidine rings is 1. The number of hydrogen-bond donors (Lipinski definition) is 3. The normalized spacial score (nSPS) is 18.4. The molecule has 1 heterocycles. The van der Waals surface area contributed by atoms with Crippen LogP contribution < -0.4 is 4.72 Å². The lowest BCUT2D eigenvalue weighted by Gasteiger charge is -2.36. The van der Waals surface area contributed by atoms with Crippen LogP contribution in [-0.4, -0.2) is 67.5 Å². The summed E-state index contributed by atoms with van der Waals surface area (Å²) in [6.07, 6.45) is -1.20. The molecule has 0 saturated carbocycles. The van der Waals surface area contributed by atoms with Gasteiger partial charge in [0.25, 0.3) is 0 Å². The van der Waals surface area contributed by atoms with Gasteiger partial charge in [-0.05, 0) is 37.3 Å². The Morgan fingerprint density at radius 3 is 2.45 bits per heavy atom. The van der Waals surface area contributed by atoms with Gasteiger partial charge in [0.2, 0.25) is 10.0 Å². The Kier molecular flexibility index (Phi) is 9.65. The van der Waals surface area contributed by atoms with Crippen LogP contribution in [0, 0.1) is 0 Å². The smallest absolute Gasteiger partial charge is 0.475 e. The number of aliphatic hydroxyl groups excluding tert-OH is 1. The van der Waals surface area contributed by atoms with E-state index in [4.69, 9.17) is 9.90 Å². The minimum absolute atomic E-state index is 0.0263. The fourth-order valence-electron chi connectivity index (χ4n) is 3.81. The van der Waals surface area contributed by atoms with Gasteiger partial charge >= 0.3 is 12.1 Å². The lowest BCUT2D eigenvalue weighted by atomic mass is 9.99. The summed E-state index contributed by atoms with van der Waals surface area (Å²) in [6, 6.07) is 13.2. The molecule has 1 saturated heterocycles. The molecular weight excluding hydrogens is 461 g/mol. The van der Waals surface area contributed by atoms with Crippen LogP contribution in [0.15, 0.2) is 47.4 Å². The highest BCUT2D eigenvalue weighted by molar-refractivity contribution is 7.89. The highest BCUT2D eigenvalue weighted by atomic mass is 32.2. The third-order valence-corrected chi connectivity index (χ3v) is 6.94. The molecule has 1 fully saturated rings. The SMILES string of the molecule is CCC1CCCCN1C[C@@H](O)CNS(=O)(=O)c1cccc2ccccc12.O=C(O)C(F)(F)F. The van der Waals surface area contributed by atoms with Crippen molar-refractivity contribution in [3.63, 3.8) is 0 Å². The standard InChI is InChI=1S/C20H28N2O3S.C2HF3O2/c1-2-17-10-5-6-13-22(17)15-18(23)14-21-26(24,25)20-12-7-9-16-8-3-4-11-19(16)20;3-2(4,5)1(6)7/h3-4,7-9,11-12,17-18,21,23H,2,5-6,10,13-15H2,1H3;(H,6,7)/t17?,18-;/m0./s1. The van der Waals surface area contributed by atoms with E-state index in [-0.39, 0.29) is 11.4 Å². The number of benzene rings is 2. The van der Waals surface area contributed by atoms with Crippen molar-refractivity contribution < 1.29 is 36.6 Å². The second-order valence-corrected chi connectivity index (χ2v) is 9.57. The van der Waals surface area contributed by atoms with Crippen molar-refractivity contribution in [3.05, 3.63) is 42.5 Å². The molecule has 0 radical (unpaired) electrons. The third kappa shape index (κ3) is 7.95. The maximum atomic E-state index is 12.7. The summed E-state index contributed by atoms with van der Waals surface area (Å²) in [6.45, 7) is 3.68. The molecule has 1 aliphatic rings. The predicted octanol–water partition coefficient (Wildman–Crippen LogP) is 3.38. The molecule has 0 amide bonds. The van der Waals surface area contributed by atoms with E-state index in [0.29, 0.717) is 18.0 Å². The summed E-state index contributed by atoms with van der Waals surface area (Å²) in [5, 5.41) is 19.1. The van der Waals surface area contributed by atoms with E-state index in [1.165, 1.54) is 6.42 Å². The van der Waals surface area contributed by atoms with Crippen molar-refractivity contribution in [3.8, 4) is 0 Å². The minimum Gasteiger partial charge on any atom is -0.475 e. The largest absolute Gasteiger partial charge is 0.490 e. The zero-order valence-electron chi connectivity index (χ0n) is 18.3. The van der Waals surface area contributed by atoms with Crippen LogP contribution in [0.4, 0.5) is 13.2 Å². The molecule has 33 heavy (non-hydrogen) atoms. The molecule has 2 atom stereocenters. The zero-order valence-corrected chi connectivity index (χ0v) is 19.1. The molecule has 3 N–H and O–H groups in total. The maximum absolute atomic E-state index is 12.7.